The highest BCUT2D eigenvalue weighted by Crippen LogP contribution is 2.34. The van der Waals surface area contributed by atoms with Crippen LogP contribution in [-0.2, 0) is 16.1 Å². The molecule has 1 atom stereocenters. The molecule has 1 fully saturated rings. The number of aromatic nitrogens is 2. The first-order chi connectivity index (χ1) is 15.2. The van der Waals surface area contributed by atoms with Gasteiger partial charge in [-0.15, -0.1) is 0 Å². The van der Waals surface area contributed by atoms with Gasteiger partial charge >= 0.3 is 6.18 Å². The number of rotatable bonds is 7. The number of hydrogen-bond acceptors (Lipinski definition) is 4. The van der Waals surface area contributed by atoms with E-state index in [9.17, 15) is 27.2 Å². The lowest BCUT2D eigenvalue weighted by molar-refractivity contribution is -0.153. The first-order valence-corrected chi connectivity index (χ1v) is 10.0. The molecule has 1 aromatic heterocycles. The third-order valence-electron chi connectivity index (χ3n) is 5.09. The maximum absolute atomic E-state index is 13.6. The van der Waals surface area contributed by atoms with E-state index in [4.69, 9.17) is 4.74 Å². The number of carbonyl (C=O) groups is 2. The summed E-state index contributed by atoms with van der Waals surface area (Å²) in [4.78, 5) is 26.7. The van der Waals surface area contributed by atoms with Crippen molar-refractivity contribution < 1.29 is 31.9 Å². The van der Waals surface area contributed by atoms with Crippen LogP contribution < -0.4 is 15.0 Å². The van der Waals surface area contributed by atoms with E-state index in [1.807, 2.05) is 0 Å². The second-order valence-corrected chi connectivity index (χ2v) is 7.78. The maximum atomic E-state index is 13.6. The number of alkyl halides is 3. The fraction of sp³-hybridized carbons (Fsp3) is 0.381. The van der Waals surface area contributed by atoms with E-state index in [2.05, 4.69) is 10.4 Å². The quantitative estimate of drug-likeness (QED) is 0.511. The lowest BCUT2D eigenvalue weighted by Gasteiger charge is -2.28. The largest absolute Gasteiger partial charge is 0.482 e. The van der Waals surface area contributed by atoms with E-state index < -0.39 is 42.1 Å². The summed E-state index contributed by atoms with van der Waals surface area (Å²) >= 11 is 0. The number of anilines is 2. The SMILES string of the molecule is O=C(Nc1cnn(CC2CC2)c1)C1CC=CN(c2ccc(F)cc2OCC(F)(F)F)C1=O. The van der Waals surface area contributed by atoms with Crippen molar-refractivity contribution >= 4 is 23.2 Å². The third-order valence-corrected chi connectivity index (χ3v) is 5.09. The summed E-state index contributed by atoms with van der Waals surface area (Å²) in [5, 5.41) is 6.84. The summed E-state index contributed by atoms with van der Waals surface area (Å²) < 4.78 is 57.8. The molecule has 0 radical (unpaired) electrons. The number of allylic oxidation sites excluding steroid dienone is 1. The number of halogens is 4. The van der Waals surface area contributed by atoms with Gasteiger partial charge in [-0.3, -0.25) is 19.2 Å². The summed E-state index contributed by atoms with van der Waals surface area (Å²) in [6, 6.07) is 2.89. The molecule has 1 saturated carbocycles. The Morgan fingerprint density at radius 2 is 2.06 bits per heavy atom. The van der Waals surface area contributed by atoms with E-state index in [1.165, 1.54) is 12.4 Å². The highest BCUT2D eigenvalue weighted by Gasteiger charge is 2.35. The molecule has 1 aliphatic heterocycles. The Morgan fingerprint density at radius 3 is 2.78 bits per heavy atom. The predicted octanol–water partition coefficient (Wildman–Crippen LogP) is 3.88. The molecule has 7 nitrogen and oxygen atoms in total. The highest BCUT2D eigenvalue weighted by atomic mass is 19.4. The zero-order valence-corrected chi connectivity index (χ0v) is 16.8. The number of nitrogens with zero attached hydrogens (tertiary/aromatic N) is 3. The van der Waals surface area contributed by atoms with Gasteiger partial charge in [-0.25, -0.2) is 4.39 Å². The molecule has 1 N–H and O–H groups in total. The smallest absolute Gasteiger partial charge is 0.422 e. The first-order valence-electron chi connectivity index (χ1n) is 10.0. The van der Waals surface area contributed by atoms with Crippen LogP contribution in [0.15, 0.2) is 42.9 Å². The summed E-state index contributed by atoms with van der Waals surface area (Å²) in [6.45, 7) is -0.885. The van der Waals surface area contributed by atoms with Crippen molar-refractivity contribution in [2.24, 2.45) is 11.8 Å². The molecule has 0 saturated heterocycles. The van der Waals surface area contributed by atoms with Crippen LogP contribution in [0.2, 0.25) is 0 Å². The average molecular weight is 452 g/mol. The predicted molar refractivity (Wildman–Crippen MR) is 106 cm³/mol. The van der Waals surface area contributed by atoms with E-state index in [0.29, 0.717) is 11.6 Å². The number of carbonyl (C=O) groups excluding carboxylic acids is 2. The molecule has 2 amide bonds. The molecule has 11 heteroatoms. The molecular formula is C21H20F4N4O3. The summed E-state index contributed by atoms with van der Waals surface area (Å²) in [6.07, 6.45) is 3.81. The second kappa shape index (κ2) is 8.64. The van der Waals surface area contributed by atoms with Crippen molar-refractivity contribution in [1.82, 2.24) is 9.78 Å². The zero-order valence-electron chi connectivity index (χ0n) is 16.8. The fourth-order valence-electron chi connectivity index (χ4n) is 3.35. The van der Waals surface area contributed by atoms with Crippen LogP contribution in [0.1, 0.15) is 19.3 Å². The lowest BCUT2D eigenvalue weighted by atomic mass is 9.99. The minimum Gasteiger partial charge on any atom is -0.482 e. The Labute approximate surface area is 180 Å². The standard InChI is InChI=1S/C21H20F4N4O3/c22-14-5-6-17(18(8-14)32-12-21(23,24)25)29-7-1-2-16(20(29)31)19(30)27-15-9-26-28(11-15)10-13-3-4-13/h1,5-9,11,13,16H,2-4,10,12H2,(H,27,30). The van der Waals surface area contributed by atoms with Crippen molar-refractivity contribution in [3.63, 3.8) is 0 Å². The number of ether oxygens (including phenoxy) is 1. The van der Waals surface area contributed by atoms with Crippen LogP contribution in [0.3, 0.4) is 0 Å². The van der Waals surface area contributed by atoms with Crippen molar-refractivity contribution in [1.29, 1.82) is 0 Å². The van der Waals surface area contributed by atoms with Gasteiger partial charge in [0.05, 0.1) is 17.6 Å². The van der Waals surface area contributed by atoms with Gasteiger partial charge in [-0.2, -0.15) is 18.3 Å². The molecule has 32 heavy (non-hydrogen) atoms. The zero-order chi connectivity index (χ0) is 22.9. The number of amides is 2. The van der Waals surface area contributed by atoms with Gasteiger partial charge in [0.25, 0.3) is 0 Å². The average Bonchev–Trinajstić information content (AvgIpc) is 3.43. The van der Waals surface area contributed by atoms with E-state index in [0.717, 1.165) is 42.5 Å². The Kier molecular flexibility index (Phi) is 5.90. The molecule has 1 unspecified atom stereocenters. The fourth-order valence-corrected chi connectivity index (χ4v) is 3.35. The number of benzene rings is 1. The van der Waals surface area contributed by atoms with Crippen molar-refractivity contribution in [2.75, 3.05) is 16.8 Å². The van der Waals surface area contributed by atoms with E-state index in [-0.39, 0.29) is 12.1 Å². The van der Waals surface area contributed by atoms with Crippen molar-refractivity contribution in [2.45, 2.75) is 32.0 Å². The Bertz CT molecular complexity index is 1050. The molecule has 4 rings (SSSR count). The third kappa shape index (κ3) is 5.27. The normalized spacial score (nSPS) is 18.7. The Hall–Kier alpha value is -3.37. The maximum Gasteiger partial charge on any atom is 0.422 e. The molecule has 2 heterocycles. The Morgan fingerprint density at radius 1 is 1.28 bits per heavy atom. The minimum absolute atomic E-state index is 0.0911. The number of hydrogen-bond donors (Lipinski definition) is 1. The van der Waals surface area contributed by atoms with Crippen molar-refractivity contribution in [3.8, 4) is 5.75 Å². The molecular weight excluding hydrogens is 432 g/mol. The summed E-state index contributed by atoms with van der Waals surface area (Å²) in [5.41, 5.74) is 0.354. The minimum atomic E-state index is -4.64. The molecule has 170 valence electrons. The monoisotopic (exact) mass is 452 g/mol. The molecule has 1 aliphatic carbocycles. The van der Waals surface area contributed by atoms with Crippen molar-refractivity contribution in [3.05, 3.63) is 48.7 Å². The molecule has 1 aromatic carbocycles. The lowest BCUT2D eigenvalue weighted by Crippen LogP contribution is -2.41. The molecule has 0 spiro atoms. The summed E-state index contributed by atoms with van der Waals surface area (Å²) in [7, 11) is 0. The van der Waals surface area contributed by atoms with Gasteiger partial charge in [0.1, 0.15) is 17.5 Å². The first kappa shape index (κ1) is 21.8. The highest BCUT2D eigenvalue weighted by molar-refractivity contribution is 6.13. The van der Waals surface area contributed by atoms with Crippen LogP contribution in [0.4, 0.5) is 28.9 Å². The van der Waals surface area contributed by atoms with Gasteiger partial charge in [0, 0.05) is 25.0 Å². The Balaban J connectivity index is 1.48. The molecule has 2 aromatic rings. The number of nitrogens with one attached hydrogen (secondary N) is 1. The van der Waals surface area contributed by atoms with Gasteiger partial charge in [-0.1, -0.05) is 6.08 Å². The van der Waals surface area contributed by atoms with Gasteiger partial charge in [0.15, 0.2) is 6.61 Å². The van der Waals surface area contributed by atoms with E-state index >= 15 is 0 Å². The van der Waals surface area contributed by atoms with Crippen LogP contribution in [0.25, 0.3) is 0 Å². The van der Waals surface area contributed by atoms with Crippen LogP contribution in [0.5, 0.6) is 5.75 Å². The van der Waals surface area contributed by atoms with Gasteiger partial charge in [0.2, 0.25) is 11.8 Å². The van der Waals surface area contributed by atoms with E-state index in [1.54, 1.807) is 17.0 Å². The van der Waals surface area contributed by atoms with Crippen LogP contribution in [-0.4, -0.2) is 34.4 Å². The van der Waals surface area contributed by atoms with Crippen LogP contribution in [0, 0.1) is 17.7 Å². The van der Waals surface area contributed by atoms with Gasteiger partial charge < -0.3 is 10.1 Å². The summed E-state index contributed by atoms with van der Waals surface area (Å²) in [5.74, 6) is -3.04. The second-order valence-electron chi connectivity index (χ2n) is 7.78. The topological polar surface area (TPSA) is 76.5 Å². The van der Waals surface area contributed by atoms with Crippen LogP contribution >= 0.6 is 0 Å². The molecule has 2 aliphatic rings. The molecule has 0 bridgehead atoms. The van der Waals surface area contributed by atoms with Gasteiger partial charge in [-0.05, 0) is 37.3 Å².